The van der Waals surface area contributed by atoms with Crippen LogP contribution in [0.4, 0.5) is 0 Å². The monoisotopic (exact) mass is 252 g/mol. The highest BCUT2D eigenvalue weighted by molar-refractivity contribution is 5.73. The number of piperidine rings is 1. The summed E-state index contributed by atoms with van der Waals surface area (Å²) in [6.07, 6.45) is 6.47. The van der Waals surface area contributed by atoms with E-state index in [0.717, 1.165) is 30.8 Å². The molecule has 1 amide bonds. The van der Waals surface area contributed by atoms with Crippen molar-refractivity contribution < 1.29 is 4.79 Å². The standard InChI is InChI=1S/C15H28N2O/c1-4-12-8-14(16-11(3)18)10-17(9-12)15(5-2)13-6-7-13/h12-15H,4-10H2,1-3H3,(H,16,18). The molecule has 0 radical (unpaired) electrons. The van der Waals surface area contributed by atoms with Gasteiger partial charge in [-0.1, -0.05) is 20.3 Å². The zero-order valence-corrected chi connectivity index (χ0v) is 12.1. The molecule has 2 rings (SSSR count). The molecule has 3 atom stereocenters. The second-order valence-corrected chi connectivity index (χ2v) is 6.17. The second kappa shape index (κ2) is 6.05. The molecular weight excluding hydrogens is 224 g/mol. The van der Waals surface area contributed by atoms with Crippen molar-refractivity contribution >= 4 is 5.91 Å². The molecule has 1 saturated carbocycles. The van der Waals surface area contributed by atoms with Gasteiger partial charge in [0.05, 0.1) is 0 Å². The summed E-state index contributed by atoms with van der Waals surface area (Å²) in [7, 11) is 0. The number of nitrogens with zero attached hydrogens (tertiary/aromatic N) is 1. The van der Waals surface area contributed by atoms with Crippen molar-refractivity contribution in [1.29, 1.82) is 0 Å². The molecule has 0 spiro atoms. The normalized spacial score (nSPS) is 31.1. The lowest BCUT2D eigenvalue weighted by atomic mass is 9.90. The molecule has 3 unspecified atom stereocenters. The molecule has 1 aliphatic carbocycles. The molecule has 104 valence electrons. The summed E-state index contributed by atoms with van der Waals surface area (Å²) < 4.78 is 0. The molecule has 3 nitrogen and oxygen atoms in total. The van der Waals surface area contributed by atoms with Crippen LogP contribution in [0, 0.1) is 11.8 Å². The van der Waals surface area contributed by atoms with Gasteiger partial charge in [-0.3, -0.25) is 9.69 Å². The molecule has 1 N–H and O–H groups in total. The number of hydrogen-bond acceptors (Lipinski definition) is 2. The zero-order chi connectivity index (χ0) is 13.1. The van der Waals surface area contributed by atoms with Gasteiger partial charge >= 0.3 is 0 Å². The van der Waals surface area contributed by atoms with E-state index in [4.69, 9.17) is 0 Å². The summed E-state index contributed by atoms with van der Waals surface area (Å²) in [5.74, 6) is 1.81. The second-order valence-electron chi connectivity index (χ2n) is 6.17. The Labute approximate surface area is 111 Å². The fourth-order valence-electron chi connectivity index (χ4n) is 3.57. The molecule has 1 saturated heterocycles. The third-order valence-corrected chi connectivity index (χ3v) is 4.60. The van der Waals surface area contributed by atoms with Gasteiger partial charge in [0, 0.05) is 32.1 Å². The van der Waals surface area contributed by atoms with Crippen molar-refractivity contribution in [2.75, 3.05) is 13.1 Å². The predicted octanol–water partition coefficient (Wildman–Crippen LogP) is 2.41. The minimum atomic E-state index is 0.121. The largest absolute Gasteiger partial charge is 0.352 e. The molecule has 0 bridgehead atoms. The van der Waals surface area contributed by atoms with Gasteiger partial charge in [0.2, 0.25) is 5.91 Å². The van der Waals surface area contributed by atoms with Crippen molar-refractivity contribution in [3.05, 3.63) is 0 Å². The van der Waals surface area contributed by atoms with Crippen molar-refractivity contribution in [2.24, 2.45) is 11.8 Å². The van der Waals surface area contributed by atoms with E-state index in [-0.39, 0.29) is 5.91 Å². The van der Waals surface area contributed by atoms with E-state index in [1.54, 1.807) is 6.92 Å². The third kappa shape index (κ3) is 3.47. The maximum absolute atomic E-state index is 11.3. The molecule has 2 fully saturated rings. The van der Waals surface area contributed by atoms with Gasteiger partial charge in [-0.15, -0.1) is 0 Å². The number of nitrogens with one attached hydrogen (secondary N) is 1. The SMILES string of the molecule is CCC1CC(NC(C)=O)CN(C(CC)C2CC2)C1. The van der Waals surface area contributed by atoms with Gasteiger partial charge in [0.25, 0.3) is 0 Å². The fourth-order valence-corrected chi connectivity index (χ4v) is 3.57. The summed E-state index contributed by atoms with van der Waals surface area (Å²) in [4.78, 5) is 13.9. The average molecular weight is 252 g/mol. The van der Waals surface area contributed by atoms with Crippen LogP contribution in [0.1, 0.15) is 52.9 Å². The summed E-state index contributed by atoms with van der Waals surface area (Å²) in [5.41, 5.74) is 0. The van der Waals surface area contributed by atoms with Crippen LogP contribution in [0.5, 0.6) is 0 Å². The maximum atomic E-state index is 11.3. The van der Waals surface area contributed by atoms with E-state index in [2.05, 4.69) is 24.1 Å². The minimum absolute atomic E-state index is 0.121. The molecule has 0 aromatic carbocycles. The predicted molar refractivity (Wildman–Crippen MR) is 74.4 cm³/mol. The number of carbonyl (C=O) groups is 1. The van der Waals surface area contributed by atoms with Gasteiger partial charge in [-0.25, -0.2) is 0 Å². The first-order valence-corrected chi connectivity index (χ1v) is 7.65. The smallest absolute Gasteiger partial charge is 0.217 e. The molecule has 2 aliphatic rings. The van der Waals surface area contributed by atoms with Crippen molar-refractivity contribution in [2.45, 2.75) is 65.0 Å². The van der Waals surface area contributed by atoms with E-state index in [1.807, 2.05) is 0 Å². The molecule has 18 heavy (non-hydrogen) atoms. The van der Waals surface area contributed by atoms with Crippen LogP contribution in [-0.2, 0) is 4.79 Å². The Morgan fingerprint density at radius 2 is 2.06 bits per heavy atom. The fraction of sp³-hybridized carbons (Fsp3) is 0.933. The van der Waals surface area contributed by atoms with Crippen LogP contribution in [0.3, 0.4) is 0 Å². The van der Waals surface area contributed by atoms with E-state index in [1.165, 1.54) is 32.2 Å². The van der Waals surface area contributed by atoms with Crippen LogP contribution in [0.15, 0.2) is 0 Å². The van der Waals surface area contributed by atoms with Crippen LogP contribution in [0.25, 0.3) is 0 Å². The van der Waals surface area contributed by atoms with Crippen molar-refractivity contribution in [3.8, 4) is 0 Å². The topological polar surface area (TPSA) is 32.3 Å². The lowest BCUT2D eigenvalue weighted by molar-refractivity contribution is -0.120. The Morgan fingerprint density at radius 1 is 1.33 bits per heavy atom. The first-order valence-electron chi connectivity index (χ1n) is 7.65. The Bertz CT molecular complexity index is 288. The minimum Gasteiger partial charge on any atom is -0.352 e. The Morgan fingerprint density at radius 3 is 2.56 bits per heavy atom. The van der Waals surface area contributed by atoms with E-state index in [9.17, 15) is 4.79 Å². The number of carbonyl (C=O) groups excluding carboxylic acids is 1. The number of likely N-dealkylation sites (tertiary alicyclic amines) is 1. The van der Waals surface area contributed by atoms with Crippen molar-refractivity contribution in [3.63, 3.8) is 0 Å². The quantitative estimate of drug-likeness (QED) is 0.815. The highest BCUT2D eigenvalue weighted by Gasteiger charge is 2.37. The summed E-state index contributed by atoms with van der Waals surface area (Å²) in [5, 5.41) is 3.13. The first-order chi connectivity index (χ1) is 8.63. The highest BCUT2D eigenvalue weighted by Crippen LogP contribution is 2.38. The Kier molecular flexibility index (Phi) is 4.66. The third-order valence-electron chi connectivity index (χ3n) is 4.60. The lowest BCUT2D eigenvalue weighted by Crippen LogP contribution is -2.53. The lowest BCUT2D eigenvalue weighted by Gasteiger charge is -2.42. The molecular formula is C15H28N2O. The van der Waals surface area contributed by atoms with Crippen molar-refractivity contribution in [1.82, 2.24) is 10.2 Å². The van der Waals surface area contributed by atoms with Gasteiger partial charge in [0.15, 0.2) is 0 Å². The van der Waals surface area contributed by atoms with Gasteiger partial charge in [-0.05, 0) is 37.5 Å². The molecule has 3 heteroatoms. The van der Waals surface area contributed by atoms with Crippen LogP contribution in [-0.4, -0.2) is 36.0 Å². The number of rotatable bonds is 5. The van der Waals surface area contributed by atoms with E-state index >= 15 is 0 Å². The van der Waals surface area contributed by atoms with Crippen LogP contribution >= 0.6 is 0 Å². The van der Waals surface area contributed by atoms with Gasteiger partial charge < -0.3 is 5.32 Å². The number of hydrogen-bond donors (Lipinski definition) is 1. The molecule has 1 aliphatic heterocycles. The molecule has 1 heterocycles. The van der Waals surface area contributed by atoms with Gasteiger partial charge in [-0.2, -0.15) is 0 Å². The zero-order valence-electron chi connectivity index (χ0n) is 12.1. The first kappa shape index (κ1) is 13.9. The summed E-state index contributed by atoms with van der Waals surface area (Å²) >= 11 is 0. The number of amides is 1. The summed E-state index contributed by atoms with van der Waals surface area (Å²) in [6.45, 7) is 8.52. The van der Waals surface area contributed by atoms with E-state index < -0.39 is 0 Å². The Balaban J connectivity index is 1.97. The van der Waals surface area contributed by atoms with Gasteiger partial charge in [0.1, 0.15) is 0 Å². The van der Waals surface area contributed by atoms with Crippen LogP contribution < -0.4 is 5.32 Å². The molecule has 0 aromatic heterocycles. The van der Waals surface area contributed by atoms with E-state index in [0.29, 0.717) is 6.04 Å². The molecule has 0 aromatic rings. The maximum Gasteiger partial charge on any atom is 0.217 e. The Hall–Kier alpha value is -0.570. The summed E-state index contributed by atoms with van der Waals surface area (Å²) in [6, 6.07) is 1.13. The highest BCUT2D eigenvalue weighted by atomic mass is 16.1. The average Bonchev–Trinajstić information content (AvgIpc) is 3.13. The van der Waals surface area contributed by atoms with Crippen LogP contribution in [0.2, 0.25) is 0 Å².